The Labute approximate surface area is 184 Å². The average molecular weight is 423 g/mol. The van der Waals surface area contributed by atoms with Crippen molar-refractivity contribution >= 4 is 11.9 Å². The Morgan fingerprint density at radius 2 is 2.00 bits per heavy atom. The minimum absolute atomic E-state index is 0.0568. The van der Waals surface area contributed by atoms with Crippen LogP contribution in [0.3, 0.4) is 0 Å². The summed E-state index contributed by atoms with van der Waals surface area (Å²) in [7, 11) is 1.54. The second-order valence-corrected chi connectivity index (χ2v) is 7.76. The predicted molar refractivity (Wildman–Crippen MR) is 122 cm³/mol. The molecule has 31 heavy (non-hydrogen) atoms. The number of phenolic OH excluding ortho intramolecular Hbond substituents is 1. The number of allylic oxidation sites excluding steroid dienone is 2. The summed E-state index contributed by atoms with van der Waals surface area (Å²) in [5, 5.41) is 9.60. The van der Waals surface area contributed by atoms with Gasteiger partial charge in [-0.2, -0.15) is 0 Å². The standard InChI is InChI=1S/C26H30O5/c1-5-6-7-14-30-23-16-24(29-4)25-21(28)15-22(18-9-11-19(27)12-10-18)31-26(25)20(23)13-8-17(2)3/h8-13,16,22,27H,2,5-7,14-15H2,1,3-4H3. The summed E-state index contributed by atoms with van der Waals surface area (Å²) in [6, 6.07) is 8.49. The molecule has 0 aliphatic carbocycles. The summed E-state index contributed by atoms with van der Waals surface area (Å²) >= 11 is 0. The molecular formula is C26H30O5. The van der Waals surface area contributed by atoms with Gasteiger partial charge in [0.1, 0.15) is 34.7 Å². The molecule has 1 N–H and O–H groups in total. The average Bonchev–Trinajstić information content (AvgIpc) is 2.75. The molecule has 0 radical (unpaired) electrons. The molecule has 2 aromatic rings. The van der Waals surface area contributed by atoms with Gasteiger partial charge in [0.2, 0.25) is 0 Å². The van der Waals surface area contributed by atoms with Crippen molar-refractivity contribution in [3.8, 4) is 23.0 Å². The number of rotatable bonds is 9. The maximum atomic E-state index is 13.1. The number of benzene rings is 2. The molecule has 1 unspecified atom stereocenters. The molecule has 1 heterocycles. The fraction of sp³-hybridized carbons (Fsp3) is 0.346. The molecule has 0 amide bonds. The van der Waals surface area contributed by atoms with Gasteiger partial charge in [0.25, 0.3) is 0 Å². The number of methoxy groups -OCH3 is 1. The molecule has 0 fully saturated rings. The van der Waals surface area contributed by atoms with Crippen LogP contribution in [0.1, 0.15) is 67.1 Å². The van der Waals surface area contributed by atoms with Crippen LogP contribution in [-0.4, -0.2) is 24.6 Å². The maximum Gasteiger partial charge on any atom is 0.174 e. The molecule has 164 valence electrons. The zero-order chi connectivity index (χ0) is 22.4. The minimum Gasteiger partial charge on any atom is -0.508 e. The van der Waals surface area contributed by atoms with Crippen molar-refractivity contribution in [2.75, 3.05) is 13.7 Å². The van der Waals surface area contributed by atoms with E-state index in [-0.39, 0.29) is 18.0 Å². The van der Waals surface area contributed by atoms with Crippen molar-refractivity contribution in [2.45, 2.75) is 45.6 Å². The van der Waals surface area contributed by atoms with Gasteiger partial charge in [-0.15, -0.1) is 0 Å². The number of carbonyl (C=O) groups excluding carboxylic acids is 1. The Hall–Kier alpha value is -3.21. The SMILES string of the molecule is C=C(C)C=Cc1c(OCCCCC)cc(OC)c2c1OC(c1ccc(O)cc1)CC2=O. The zero-order valence-corrected chi connectivity index (χ0v) is 18.4. The van der Waals surface area contributed by atoms with Gasteiger partial charge in [-0.25, -0.2) is 0 Å². The van der Waals surface area contributed by atoms with Crippen molar-refractivity contribution in [2.24, 2.45) is 0 Å². The number of carbonyl (C=O) groups is 1. The van der Waals surface area contributed by atoms with Crippen LogP contribution in [0.25, 0.3) is 6.08 Å². The first-order chi connectivity index (χ1) is 14.9. The molecule has 0 aromatic heterocycles. The van der Waals surface area contributed by atoms with Crippen molar-refractivity contribution < 1.29 is 24.1 Å². The summed E-state index contributed by atoms with van der Waals surface area (Å²) in [6.07, 6.45) is 6.60. The first-order valence-corrected chi connectivity index (χ1v) is 10.6. The van der Waals surface area contributed by atoms with Gasteiger partial charge >= 0.3 is 0 Å². The topological polar surface area (TPSA) is 65.0 Å². The van der Waals surface area contributed by atoms with E-state index >= 15 is 0 Å². The lowest BCUT2D eigenvalue weighted by molar-refractivity contribution is 0.0843. The molecule has 1 aliphatic rings. The lowest BCUT2D eigenvalue weighted by Gasteiger charge is -2.29. The highest BCUT2D eigenvalue weighted by atomic mass is 16.5. The third-order valence-electron chi connectivity index (χ3n) is 5.18. The molecule has 0 saturated heterocycles. The monoisotopic (exact) mass is 422 g/mol. The Bertz CT molecular complexity index is 972. The fourth-order valence-electron chi connectivity index (χ4n) is 3.54. The van der Waals surface area contributed by atoms with Gasteiger partial charge in [-0.05, 0) is 37.1 Å². The molecule has 5 heteroatoms. The van der Waals surface area contributed by atoms with Gasteiger partial charge in [-0.3, -0.25) is 4.79 Å². The minimum atomic E-state index is -0.461. The molecule has 0 spiro atoms. The number of Topliss-reactive ketones (excluding diaryl/α,β-unsaturated/α-hetero) is 1. The first kappa shape index (κ1) is 22.5. The first-order valence-electron chi connectivity index (χ1n) is 10.6. The molecule has 2 aromatic carbocycles. The van der Waals surface area contributed by atoms with E-state index in [1.807, 2.05) is 19.1 Å². The van der Waals surface area contributed by atoms with E-state index in [1.54, 1.807) is 37.4 Å². The summed E-state index contributed by atoms with van der Waals surface area (Å²) in [5.74, 6) is 1.63. The van der Waals surface area contributed by atoms with E-state index in [2.05, 4.69) is 13.5 Å². The highest BCUT2D eigenvalue weighted by Crippen LogP contribution is 2.46. The van der Waals surface area contributed by atoms with E-state index in [0.717, 1.165) is 30.4 Å². The van der Waals surface area contributed by atoms with E-state index in [1.165, 1.54) is 0 Å². The van der Waals surface area contributed by atoms with Crippen LogP contribution in [0.15, 0.2) is 48.6 Å². The van der Waals surface area contributed by atoms with E-state index < -0.39 is 6.10 Å². The van der Waals surface area contributed by atoms with Gasteiger partial charge in [0.15, 0.2) is 5.78 Å². The number of hydrogen-bond acceptors (Lipinski definition) is 5. The van der Waals surface area contributed by atoms with Crippen LogP contribution in [-0.2, 0) is 0 Å². The molecule has 0 bridgehead atoms. The van der Waals surface area contributed by atoms with Crippen LogP contribution < -0.4 is 14.2 Å². The Kier molecular flexibility index (Phi) is 7.40. The summed E-state index contributed by atoms with van der Waals surface area (Å²) < 4.78 is 18.0. The van der Waals surface area contributed by atoms with Crippen LogP contribution in [0.5, 0.6) is 23.0 Å². The quantitative estimate of drug-likeness (QED) is 0.381. The van der Waals surface area contributed by atoms with Crippen molar-refractivity contribution in [3.05, 3.63) is 65.3 Å². The number of unbranched alkanes of at least 4 members (excludes halogenated alkanes) is 2. The lowest BCUT2D eigenvalue weighted by atomic mass is 9.93. The van der Waals surface area contributed by atoms with Gasteiger partial charge in [-0.1, -0.05) is 50.1 Å². The predicted octanol–water partition coefficient (Wildman–Crippen LogP) is 6.27. The Balaban J connectivity index is 2.07. The third kappa shape index (κ3) is 5.29. The summed E-state index contributed by atoms with van der Waals surface area (Å²) in [5.41, 5.74) is 2.82. The van der Waals surface area contributed by atoms with E-state index in [0.29, 0.717) is 35.0 Å². The van der Waals surface area contributed by atoms with Gasteiger partial charge < -0.3 is 19.3 Å². The largest absolute Gasteiger partial charge is 0.508 e. The van der Waals surface area contributed by atoms with Crippen molar-refractivity contribution in [1.82, 2.24) is 0 Å². The number of ether oxygens (including phenoxy) is 3. The summed E-state index contributed by atoms with van der Waals surface area (Å²) in [6.45, 7) is 8.55. The summed E-state index contributed by atoms with van der Waals surface area (Å²) in [4.78, 5) is 13.1. The normalized spacial score (nSPS) is 15.5. The van der Waals surface area contributed by atoms with Gasteiger partial charge in [0.05, 0.1) is 25.7 Å². The van der Waals surface area contributed by atoms with E-state index in [9.17, 15) is 9.90 Å². The molecule has 5 nitrogen and oxygen atoms in total. The third-order valence-corrected chi connectivity index (χ3v) is 5.18. The van der Waals surface area contributed by atoms with E-state index in [4.69, 9.17) is 14.2 Å². The molecule has 1 atom stereocenters. The van der Waals surface area contributed by atoms with Crippen molar-refractivity contribution in [3.63, 3.8) is 0 Å². The second-order valence-electron chi connectivity index (χ2n) is 7.76. The molecule has 3 rings (SSSR count). The van der Waals surface area contributed by atoms with Crippen molar-refractivity contribution in [1.29, 1.82) is 0 Å². The number of hydrogen-bond donors (Lipinski definition) is 1. The van der Waals surface area contributed by atoms with Crippen LogP contribution in [0.4, 0.5) is 0 Å². The maximum absolute atomic E-state index is 13.1. The highest BCUT2D eigenvalue weighted by molar-refractivity contribution is 6.04. The molecule has 1 aliphatic heterocycles. The molecular weight excluding hydrogens is 392 g/mol. The Morgan fingerprint density at radius 1 is 1.26 bits per heavy atom. The van der Waals surface area contributed by atoms with Crippen LogP contribution in [0.2, 0.25) is 0 Å². The second kappa shape index (κ2) is 10.2. The fourth-order valence-corrected chi connectivity index (χ4v) is 3.54. The highest BCUT2D eigenvalue weighted by Gasteiger charge is 2.34. The number of ketones is 1. The lowest BCUT2D eigenvalue weighted by Crippen LogP contribution is -2.22. The van der Waals surface area contributed by atoms with Gasteiger partial charge in [0, 0.05) is 6.07 Å². The number of phenols is 1. The van der Waals surface area contributed by atoms with Crippen LogP contribution in [0, 0.1) is 0 Å². The smallest absolute Gasteiger partial charge is 0.174 e. The van der Waals surface area contributed by atoms with Crippen LogP contribution >= 0.6 is 0 Å². The zero-order valence-electron chi connectivity index (χ0n) is 18.4. The number of fused-ring (bicyclic) bond motifs is 1. The molecule has 0 saturated carbocycles. The number of aromatic hydroxyl groups is 1. The Morgan fingerprint density at radius 3 is 2.65 bits per heavy atom.